The van der Waals surface area contributed by atoms with Gasteiger partial charge in [-0.05, 0) is 24.3 Å². The van der Waals surface area contributed by atoms with E-state index in [2.05, 4.69) is 25.9 Å². The SMILES string of the molecule is F[C@@H]1CN(Cc2ccc3ccccc3n2)C[C@@H]1OCc1nc2ccccc2[nH]1. The van der Waals surface area contributed by atoms with Crippen molar-refractivity contribution in [3.05, 3.63) is 72.2 Å². The van der Waals surface area contributed by atoms with Gasteiger partial charge in [0.2, 0.25) is 0 Å². The third-order valence-corrected chi connectivity index (χ3v) is 5.19. The van der Waals surface area contributed by atoms with Crippen LogP contribution < -0.4 is 0 Å². The lowest BCUT2D eigenvalue weighted by atomic mass is 10.2. The molecule has 0 unspecified atom stereocenters. The Morgan fingerprint density at radius 3 is 2.68 bits per heavy atom. The maximum atomic E-state index is 14.5. The van der Waals surface area contributed by atoms with Gasteiger partial charge in [-0.25, -0.2) is 9.37 Å². The van der Waals surface area contributed by atoms with Gasteiger partial charge in [-0.15, -0.1) is 0 Å². The van der Waals surface area contributed by atoms with Gasteiger partial charge in [-0.2, -0.15) is 0 Å². The second-order valence-corrected chi connectivity index (χ2v) is 7.26. The molecule has 0 radical (unpaired) electrons. The summed E-state index contributed by atoms with van der Waals surface area (Å²) in [6.45, 7) is 1.81. The van der Waals surface area contributed by atoms with Crippen LogP contribution in [0.2, 0.25) is 0 Å². The van der Waals surface area contributed by atoms with Crippen LogP contribution in [0, 0.1) is 0 Å². The number of aromatic amines is 1. The number of hydrogen-bond acceptors (Lipinski definition) is 4. The molecule has 2 aromatic heterocycles. The van der Waals surface area contributed by atoms with Crippen molar-refractivity contribution in [3.63, 3.8) is 0 Å². The molecule has 1 fully saturated rings. The summed E-state index contributed by atoms with van der Waals surface area (Å²) >= 11 is 0. The van der Waals surface area contributed by atoms with Crippen LogP contribution >= 0.6 is 0 Å². The number of ether oxygens (including phenoxy) is 1. The van der Waals surface area contributed by atoms with E-state index >= 15 is 0 Å². The molecule has 5 rings (SSSR count). The van der Waals surface area contributed by atoms with Crippen LogP contribution in [0.4, 0.5) is 4.39 Å². The monoisotopic (exact) mass is 376 g/mol. The Bertz CT molecular complexity index is 1080. The zero-order valence-electron chi connectivity index (χ0n) is 15.4. The van der Waals surface area contributed by atoms with E-state index in [4.69, 9.17) is 4.74 Å². The van der Waals surface area contributed by atoms with Crippen molar-refractivity contribution in [2.24, 2.45) is 0 Å². The molecule has 0 aliphatic carbocycles. The number of hydrogen-bond donors (Lipinski definition) is 1. The molecular formula is C22H21FN4O. The highest BCUT2D eigenvalue weighted by Crippen LogP contribution is 2.21. The highest BCUT2D eigenvalue weighted by Gasteiger charge is 2.34. The molecular weight excluding hydrogens is 355 g/mol. The van der Waals surface area contributed by atoms with Gasteiger partial charge in [-0.1, -0.05) is 36.4 Å². The molecule has 5 nitrogen and oxygen atoms in total. The zero-order chi connectivity index (χ0) is 18.9. The van der Waals surface area contributed by atoms with Crippen LogP contribution in [0.25, 0.3) is 21.9 Å². The largest absolute Gasteiger partial charge is 0.366 e. The fourth-order valence-corrected chi connectivity index (χ4v) is 3.78. The number of rotatable bonds is 5. The summed E-state index contributed by atoms with van der Waals surface area (Å²) in [6, 6.07) is 19.9. The number of imidazole rings is 1. The van der Waals surface area contributed by atoms with E-state index in [1.807, 2.05) is 54.6 Å². The van der Waals surface area contributed by atoms with Crippen LogP contribution in [0.1, 0.15) is 11.5 Å². The molecule has 1 aliphatic heterocycles. The van der Waals surface area contributed by atoms with E-state index in [9.17, 15) is 4.39 Å². The first kappa shape index (κ1) is 17.3. The van der Waals surface area contributed by atoms with Crippen molar-refractivity contribution in [3.8, 4) is 0 Å². The van der Waals surface area contributed by atoms with Crippen LogP contribution in [0.3, 0.4) is 0 Å². The average Bonchev–Trinajstić information content (AvgIpc) is 3.28. The Hall–Kier alpha value is -2.83. The van der Waals surface area contributed by atoms with E-state index in [1.165, 1.54) is 0 Å². The molecule has 0 amide bonds. The molecule has 0 bridgehead atoms. The number of benzene rings is 2. The fraction of sp³-hybridized carbons (Fsp3) is 0.273. The Labute approximate surface area is 162 Å². The summed E-state index contributed by atoms with van der Waals surface area (Å²) in [5.41, 5.74) is 3.78. The summed E-state index contributed by atoms with van der Waals surface area (Å²) in [7, 11) is 0. The maximum Gasteiger partial charge on any atom is 0.140 e. The molecule has 6 heteroatoms. The normalized spacial score (nSPS) is 20.3. The highest BCUT2D eigenvalue weighted by atomic mass is 19.1. The molecule has 0 spiro atoms. The predicted octanol–water partition coefficient (Wildman–Crippen LogP) is 3.85. The third kappa shape index (κ3) is 3.48. The smallest absolute Gasteiger partial charge is 0.140 e. The third-order valence-electron chi connectivity index (χ3n) is 5.19. The van der Waals surface area contributed by atoms with Gasteiger partial charge in [0, 0.05) is 25.0 Å². The van der Waals surface area contributed by atoms with Gasteiger partial charge in [0.1, 0.15) is 24.7 Å². The minimum absolute atomic E-state index is 0.280. The van der Waals surface area contributed by atoms with E-state index in [0.29, 0.717) is 19.6 Å². The van der Waals surface area contributed by atoms with Crippen molar-refractivity contribution >= 4 is 21.9 Å². The Balaban J connectivity index is 1.21. The minimum atomic E-state index is -1.01. The van der Waals surface area contributed by atoms with E-state index in [-0.39, 0.29) is 6.61 Å². The number of fused-ring (bicyclic) bond motifs is 2. The lowest BCUT2D eigenvalue weighted by Gasteiger charge is -2.15. The van der Waals surface area contributed by atoms with Gasteiger partial charge >= 0.3 is 0 Å². The van der Waals surface area contributed by atoms with Gasteiger partial charge in [0.15, 0.2) is 0 Å². The first-order chi connectivity index (χ1) is 13.7. The van der Waals surface area contributed by atoms with Crippen molar-refractivity contribution in [1.82, 2.24) is 19.9 Å². The van der Waals surface area contributed by atoms with Crippen LogP contribution in [0.5, 0.6) is 0 Å². The van der Waals surface area contributed by atoms with Crippen molar-refractivity contribution in [2.45, 2.75) is 25.4 Å². The van der Waals surface area contributed by atoms with E-state index < -0.39 is 12.3 Å². The van der Waals surface area contributed by atoms with Crippen molar-refractivity contribution < 1.29 is 9.13 Å². The maximum absolute atomic E-state index is 14.5. The number of halogens is 1. The van der Waals surface area contributed by atoms with Gasteiger partial charge < -0.3 is 9.72 Å². The first-order valence-corrected chi connectivity index (χ1v) is 9.51. The van der Waals surface area contributed by atoms with Crippen molar-refractivity contribution in [2.75, 3.05) is 13.1 Å². The number of aromatic nitrogens is 3. The molecule has 1 saturated heterocycles. The summed E-state index contributed by atoms with van der Waals surface area (Å²) in [6.07, 6.45) is -1.46. The van der Waals surface area contributed by atoms with Crippen LogP contribution in [-0.4, -0.2) is 45.2 Å². The second kappa shape index (κ2) is 7.30. The standard InChI is InChI=1S/C22H21FN4O/c23-17-12-27(11-16-10-9-15-5-1-2-6-18(15)24-16)13-21(17)28-14-22-25-19-7-3-4-8-20(19)26-22/h1-10,17,21H,11-14H2,(H,25,26)/t17-,21+/m1/s1. The number of likely N-dealkylation sites (tertiary alicyclic amines) is 1. The number of alkyl halides is 1. The molecule has 1 N–H and O–H groups in total. The zero-order valence-corrected chi connectivity index (χ0v) is 15.4. The van der Waals surface area contributed by atoms with Gasteiger partial charge in [0.25, 0.3) is 0 Å². The molecule has 28 heavy (non-hydrogen) atoms. The lowest BCUT2D eigenvalue weighted by Crippen LogP contribution is -2.24. The number of nitrogens with one attached hydrogen (secondary N) is 1. The first-order valence-electron chi connectivity index (χ1n) is 9.51. The van der Waals surface area contributed by atoms with Gasteiger partial charge in [0.05, 0.1) is 22.2 Å². The molecule has 1 aliphatic rings. The molecule has 142 valence electrons. The summed E-state index contributed by atoms with van der Waals surface area (Å²) in [4.78, 5) is 14.5. The average molecular weight is 376 g/mol. The summed E-state index contributed by atoms with van der Waals surface area (Å²) in [5.74, 6) is 0.725. The quantitative estimate of drug-likeness (QED) is 0.575. The Morgan fingerprint density at radius 2 is 1.79 bits per heavy atom. The van der Waals surface area contributed by atoms with Crippen LogP contribution in [-0.2, 0) is 17.9 Å². The molecule has 3 heterocycles. The molecule has 4 aromatic rings. The number of H-pyrrole nitrogens is 1. The molecule has 0 saturated carbocycles. The Kier molecular flexibility index (Phi) is 4.50. The molecule has 2 aromatic carbocycles. The molecule has 2 atom stereocenters. The summed E-state index contributed by atoms with van der Waals surface area (Å²) in [5, 5.41) is 1.11. The highest BCUT2D eigenvalue weighted by molar-refractivity contribution is 5.78. The van der Waals surface area contributed by atoms with E-state index in [0.717, 1.165) is 33.5 Å². The summed E-state index contributed by atoms with van der Waals surface area (Å²) < 4.78 is 20.3. The lowest BCUT2D eigenvalue weighted by molar-refractivity contribution is 0.00861. The topological polar surface area (TPSA) is 54.0 Å². The number of pyridine rings is 1. The van der Waals surface area contributed by atoms with Crippen molar-refractivity contribution in [1.29, 1.82) is 0 Å². The second-order valence-electron chi connectivity index (χ2n) is 7.26. The predicted molar refractivity (Wildman–Crippen MR) is 107 cm³/mol. The number of nitrogens with zero attached hydrogens (tertiary/aromatic N) is 3. The van der Waals surface area contributed by atoms with Gasteiger partial charge in [-0.3, -0.25) is 9.88 Å². The Morgan fingerprint density at radius 1 is 0.964 bits per heavy atom. The van der Waals surface area contributed by atoms with Crippen LogP contribution in [0.15, 0.2) is 60.7 Å². The minimum Gasteiger partial charge on any atom is -0.366 e. The fourth-order valence-electron chi connectivity index (χ4n) is 3.78. The number of para-hydroxylation sites is 3. The van der Waals surface area contributed by atoms with E-state index in [1.54, 1.807) is 0 Å².